The van der Waals surface area contributed by atoms with Gasteiger partial charge in [-0.15, -0.1) is 11.8 Å². The number of thioether (sulfide) groups is 2. The molecule has 3 rings (SSSR count). The fraction of sp³-hybridized carbons (Fsp3) is 0.500. The quantitative estimate of drug-likeness (QED) is 0.708. The Morgan fingerprint density at radius 2 is 1.90 bits per heavy atom. The molecule has 3 atom stereocenters. The van der Waals surface area contributed by atoms with Gasteiger partial charge in [-0.3, -0.25) is 9.59 Å². The van der Waals surface area contributed by atoms with Crippen LogP contribution in [0.1, 0.15) is 51.0 Å². The van der Waals surface area contributed by atoms with Gasteiger partial charge in [0.1, 0.15) is 0 Å². The molecule has 2 aliphatic heterocycles. The Bertz CT molecular complexity index is 835. The number of allylic oxidation sites excluding steroid dienone is 1. The van der Waals surface area contributed by atoms with Gasteiger partial charge >= 0.3 is 0 Å². The number of hydrogen-bond acceptors (Lipinski definition) is 5. The molecule has 2 aliphatic rings. The van der Waals surface area contributed by atoms with Gasteiger partial charge in [-0.05, 0) is 57.1 Å². The van der Waals surface area contributed by atoms with Crippen molar-refractivity contribution >= 4 is 35.3 Å². The molecule has 5 nitrogen and oxygen atoms in total. The molecule has 1 saturated heterocycles. The van der Waals surface area contributed by atoms with E-state index in [0.717, 1.165) is 29.7 Å². The number of likely N-dealkylation sites (tertiary alicyclic amines) is 1. The molecule has 0 aromatic heterocycles. The van der Waals surface area contributed by atoms with Crippen LogP contribution in [0.5, 0.6) is 0 Å². The van der Waals surface area contributed by atoms with Crippen LogP contribution in [0.2, 0.25) is 0 Å². The molecule has 2 amide bonds. The van der Waals surface area contributed by atoms with E-state index in [1.165, 1.54) is 11.8 Å². The SMILES string of the molecule is CSc1ccc([C@H]2CC(=O)NC(SCC(=O)N3[C@H](C)CCC[C@@H]3C)=C2C#N)cc1. The van der Waals surface area contributed by atoms with E-state index in [0.29, 0.717) is 10.6 Å². The molecule has 1 aromatic rings. The maximum Gasteiger partial charge on any atom is 0.233 e. The molecule has 0 bridgehead atoms. The Morgan fingerprint density at radius 1 is 1.24 bits per heavy atom. The molecule has 1 N–H and O–H groups in total. The summed E-state index contributed by atoms with van der Waals surface area (Å²) in [7, 11) is 0. The highest BCUT2D eigenvalue weighted by Gasteiger charge is 2.32. The molecular formula is C22H27N3O2S2. The highest BCUT2D eigenvalue weighted by molar-refractivity contribution is 8.03. The summed E-state index contributed by atoms with van der Waals surface area (Å²) in [5.41, 5.74) is 1.50. The van der Waals surface area contributed by atoms with E-state index in [-0.39, 0.29) is 42.0 Å². The van der Waals surface area contributed by atoms with Crippen LogP contribution in [0.4, 0.5) is 0 Å². The first-order valence-electron chi connectivity index (χ1n) is 9.96. The zero-order valence-electron chi connectivity index (χ0n) is 17.1. The minimum atomic E-state index is -0.268. The lowest BCUT2D eigenvalue weighted by Crippen LogP contribution is -2.48. The van der Waals surface area contributed by atoms with Crippen molar-refractivity contribution < 1.29 is 9.59 Å². The van der Waals surface area contributed by atoms with E-state index < -0.39 is 0 Å². The van der Waals surface area contributed by atoms with Crippen molar-refractivity contribution in [3.63, 3.8) is 0 Å². The Hall–Kier alpha value is -1.91. The third-order valence-corrected chi connectivity index (χ3v) is 7.44. The largest absolute Gasteiger partial charge is 0.337 e. The molecule has 0 saturated carbocycles. The topological polar surface area (TPSA) is 73.2 Å². The summed E-state index contributed by atoms with van der Waals surface area (Å²) in [6.07, 6.45) is 5.46. The second-order valence-corrected chi connectivity index (χ2v) is 9.52. The third kappa shape index (κ3) is 4.99. The van der Waals surface area contributed by atoms with E-state index in [2.05, 4.69) is 25.2 Å². The molecule has 154 valence electrons. The first kappa shape index (κ1) is 21.8. The van der Waals surface area contributed by atoms with Crippen LogP contribution in [0.25, 0.3) is 0 Å². The van der Waals surface area contributed by atoms with Crippen LogP contribution in [0.15, 0.2) is 39.8 Å². The molecular weight excluding hydrogens is 402 g/mol. The smallest absolute Gasteiger partial charge is 0.233 e. The number of rotatable bonds is 5. The summed E-state index contributed by atoms with van der Waals surface area (Å²) < 4.78 is 0. The highest BCUT2D eigenvalue weighted by atomic mass is 32.2. The van der Waals surface area contributed by atoms with Gasteiger partial charge in [0.15, 0.2) is 0 Å². The zero-order chi connectivity index (χ0) is 21.0. The summed E-state index contributed by atoms with van der Waals surface area (Å²) in [5, 5.41) is 13.2. The van der Waals surface area contributed by atoms with Crippen LogP contribution in [0, 0.1) is 11.3 Å². The normalized spacial score (nSPS) is 24.8. The minimum Gasteiger partial charge on any atom is -0.337 e. The van der Waals surface area contributed by atoms with Gasteiger partial charge in [-0.2, -0.15) is 5.26 Å². The summed E-state index contributed by atoms with van der Waals surface area (Å²) in [4.78, 5) is 28.3. The van der Waals surface area contributed by atoms with Crippen molar-refractivity contribution in [2.24, 2.45) is 0 Å². The second kappa shape index (κ2) is 9.73. The lowest BCUT2D eigenvalue weighted by molar-refractivity contribution is -0.134. The average molecular weight is 430 g/mol. The van der Waals surface area contributed by atoms with Gasteiger partial charge in [0.05, 0.1) is 22.4 Å². The Kier molecular flexibility index (Phi) is 7.31. The summed E-state index contributed by atoms with van der Waals surface area (Å²) in [6, 6.07) is 10.7. The Labute approximate surface area is 181 Å². The number of benzene rings is 1. The van der Waals surface area contributed by atoms with Crippen LogP contribution >= 0.6 is 23.5 Å². The molecule has 1 fully saturated rings. The van der Waals surface area contributed by atoms with Gasteiger partial charge in [0, 0.05) is 29.3 Å². The molecule has 0 unspecified atom stereocenters. The lowest BCUT2D eigenvalue weighted by Gasteiger charge is -2.39. The van der Waals surface area contributed by atoms with Gasteiger partial charge in [0.25, 0.3) is 0 Å². The number of piperidine rings is 1. The van der Waals surface area contributed by atoms with Crippen molar-refractivity contribution in [1.82, 2.24) is 10.2 Å². The standard InChI is InChI=1S/C22H27N3O2S2/c1-14-5-4-6-15(2)25(14)21(27)13-29-22-19(12-23)18(11-20(26)24-22)16-7-9-17(28-3)10-8-16/h7-10,14-15,18H,4-6,11,13H2,1-3H3,(H,24,26)/t14-,15+,18-/m1/s1. The second-order valence-electron chi connectivity index (χ2n) is 7.65. The van der Waals surface area contributed by atoms with Crippen molar-refractivity contribution in [3.8, 4) is 6.07 Å². The van der Waals surface area contributed by atoms with E-state index in [4.69, 9.17) is 0 Å². The molecule has 29 heavy (non-hydrogen) atoms. The average Bonchev–Trinajstić information content (AvgIpc) is 2.71. The van der Waals surface area contributed by atoms with E-state index in [1.807, 2.05) is 35.4 Å². The zero-order valence-corrected chi connectivity index (χ0v) is 18.7. The van der Waals surface area contributed by atoms with E-state index in [1.54, 1.807) is 11.8 Å². The molecule has 7 heteroatoms. The summed E-state index contributed by atoms with van der Waals surface area (Å²) in [6.45, 7) is 4.18. The van der Waals surface area contributed by atoms with E-state index in [9.17, 15) is 14.9 Å². The van der Waals surface area contributed by atoms with Crippen molar-refractivity contribution in [2.45, 2.75) is 62.4 Å². The van der Waals surface area contributed by atoms with E-state index >= 15 is 0 Å². The molecule has 1 aromatic carbocycles. The highest BCUT2D eigenvalue weighted by Crippen LogP contribution is 2.36. The Morgan fingerprint density at radius 3 is 2.48 bits per heavy atom. The first-order valence-corrected chi connectivity index (χ1v) is 12.2. The lowest BCUT2D eigenvalue weighted by atomic mass is 9.87. The minimum absolute atomic E-state index is 0.0696. The third-order valence-electron chi connectivity index (χ3n) is 5.70. The predicted octanol–water partition coefficient (Wildman–Crippen LogP) is 4.27. The summed E-state index contributed by atoms with van der Waals surface area (Å²) >= 11 is 2.93. The molecule has 2 heterocycles. The molecule has 0 aliphatic carbocycles. The van der Waals surface area contributed by atoms with Gasteiger partial charge in [-0.25, -0.2) is 0 Å². The fourth-order valence-electron chi connectivity index (χ4n) is 4.18. The van der Waals surface area contributed by atoms with Gasteiger partial charge in [0.2, 0.25) is 11.8 Å². The van der Waals surface area contributed by atoms with Gasteiger partial charge in [-0.1, -0.05) is 23.9 Å². The number of nitrogens with zero attached hydrogens (tertiary/aromatic N) is 2. The maximum atomic E-state index is 12.8. The number of amides is 2. The van der Waals surface area contributed by atoms with Crippen molar-refractivity contribution in [2.75, 3.05) is 12.0 Å². The Balaban J connectivity index is 1.78. The predicted molar refractivity (Wildman–Crippen MR) is 118 cm³/mol. The van der Waals surface area contributed by atoms with Crippen LogP contribution in [0.3, 0.4) is 0 Å². The number of nitrogens with one attached hydrogen (secondary N) is 1. The first-order chi connectivity index (χ1) is 13.9. The monoisotopic (exact) mass is 429 g/mol. The number of carbonyl (C=O) groups is 2. The van der Waals surface area contributed by atoms with Crippen LogP contribution in [-0.2, 0) is 9.59 Å². The van der Waals surface area contributed by atoms with Crippen molar-refractivity contribution in [1.29, 1.82) is 5.26 Å². The molecule has 0 radical (unpaired) electrons. The van der Waals surface area contributed by atoms with Gasteiger partial charge < -0.3 is 10.2 Å². The number of carbonyl (C=O) groups excluding carboxylic acids is 2. The molecule has 0 spiro atoms. The summed E-state index contributed by atoms with van der Waals surface area (Å²) in [5.74, 6) is -0.0824. The number of hydrogen-bond donors (Lipinski definition) is 1. The van der Waals surface area contributed by atoms with Crippen molar-refractivity contribution in [3.05, 3.63) is 40.4 Å². The van der Waals surface area contributed by atoms with Crippen LogP contribution in [-0.4, -0.2) is 40.8 Å². The fourth-order valence-corrected chi connectivity index (χ4v) is 5.53. The number of nitriles is 1. The van der Waals surface area contributed by atoms with Crippen LogP contribution < -0.4 is 5.32 Å². The maximum absolute atomic E-state index is 12.8.